The van der Waals surface area contributed by atoms with E-state index < -0.39 is 0 Å². The maximum absolute atomic E-state index is 2.28. The van der Waals surface area contributed by atoms with Gasteiger partial charge in [-0.2, -0.15) is 4.57 Å². The minimum atomic E-state index is 0. The van der Waals surface area contributed by atoms with E-state index in [1.807, 2.05) is 180 Å². The fraction of sp³-hybridized carbons (Fsp3) is 0.338. The Morgan fingerprint density at radius 1 is 0.214 bits per heavy atom. The lowest BCUT2D eigenvalue weighted by molar-refractivity contribution is -0.660. The maximum atomic E-state index is 2.28. The average molecular weight is 1960 g/mol. The van der Waals surface area contributed by atoms with Crippen molar-refractivity contribution in [1.29, 1.82) is 0 Å². The molecule has 782 valence electrons. The van der Waals surface area contributed by atoms with Gasteiger partial charge in [0.1, 0.15) is 42.3 Å². The number of nitrogens with zero attached hydrogens (tertiary/aromatic N) is 6. The van der Waals surface area contributed by atoms with Crippen molar-refractivity contribution in [3.05, 3.63) is 413 Å². The van der Waals surface area contributed by atoms with Crippen molar-refractivity contribution in [3.8, 4) is 89.8 Å². The van der Waals surface area contributed by atoms with Gasteiger partial charge in [0.2, 0.25) is 39.7 Å². The molecule has 0 amide bonds. The lowest BCUT2D eigenvalue weighted by Gasteiger charge is -2.10. The van der Waals surface area contributed by atoms with Crippen molar-refractivity contribution in [2.45, 2.75) is 285 Å². The topological polar surface area (TPSA) is 23.3 Å². The molecule has 6 heterocycles. The molecule has 11 aromatic carbocycles. The van der Waals surface area contributed by atoms with Crippen LogP contribution < -0.4 is 27.4 Å². The van der Waals surface area contributed by atoms with Gasteiger partial charge in [0, 0.05) is 105 Å². The highest BCUT2D eigenvalue weighted by Gasteiger charge is 2.30. The Bertz CT molecular complexity index is 6260. The smallest absolute Gasteiger partial charge is 0.201 e. The van der Waals surface area contributed by atoms with E-state index in [1.54, 1.807) is 0 Å². The maximum Gasteiger partial charge on any atom is 0.220 e. The summed E-state index contributed by atoms with van der Waals surface area (Å²) in [4.78, 5) is 0. The molecule has 0 atom stereocenters. The SMILES string of the molecule is C.C.C.C.C.C.CC.CC.CC.CC.CC.CC.CC.CC.CC.CC.CC.CC.CC.Cc1ccc2c(c1-c1cccc[n+]1C)Cc1ccccc1-2.Cc1ccccc1-c1c2c(cc[n+]1C)-c1ccccc1C2.Cc1ccccc1-c1c2c(cc[n+]1C)C=CC2.Cc1ccccc1-c1c2ccccc2cc[n+]1C.Cc1ccccc1-c1cc2ccccc2c[n+]1C.Cc1ccccc1-c1ccc2ccccc2[n+]1C. The second-order valence-electron chi connectivity index (χ2n) is 30.3. The third-order valence-electron chi connectivity index (χ3n) is 22.9. The van der Waals surface area contributed by atoms with Crippen LogP contribution in [0.1, 0.15) is 291 Å². The Hall–Kier alpha value is -13.2. The Kier molecular flexibility index (Phi) is 75.8. The van der Waals surface area contributed by atoms with Crippen LogP contribution in [0.2, 0.25) is 0 Å². The van der Waals surface area contributed by atoms with Crippen molar-refractivity contribution in [2.75, 3.05) is 0 Å². The monoisotopic (exact) mass is 1960 g/mol. The van der Waals surface area contributed by atoms with E-state index in [-0.39, 0.29) is 44.6 Å². The van der Waals surface area contributed by atoms with Crippen molar-refractivity contribution in [1.82, 2.24) is 0 Å². The predicted octanol–water partition coefficient (Wildman–Crippen LogP) is 39.2. The average Bonchev–Trinajstić information content (AvgIpc) is 1.09. The standard InChI is InChI=1S/2C20H18N.3C17H16N.C16H16N.13C2H6.6CH4/c1-14-7-3-5-9-16(14)20-19-13-15-8-4-6-10-17(15)18(19)11-12-21(20)2;1-14-10-11-17-16-8-4-3-7-15(16)13-18(17)20(14)19-9-5-6-12-21(19)2;1-13-7-3-6-10-16(13)17-11-14-8-4-5-9-15(14)12-18(17)2;1-13-7-3-5-9-15(13)17-16-10-6-4-8-14(16)11-12-18(17)2;1-13-7-3-5-9-15(13)17-12-11-14-8-4-6-10-16(14)18(17)2;1-12-6-3-4-8-14(12)16-15-9-5-7-13(15)10-11-17(16)2;13*1-2;;;;;;/h2*3-12H,13H2,1-2H3;3*3-12H,1-2H3;3-8,10-11H,9H2,1-2H3;13*1-2H3;6*1H4/q6*+1;;;;;;;;;;;;;;;;;;;. The predicted molar refractivity (Wildman–Crippen MR) is 656 cm³/mol. The van der Waals surface area contributed by atoms with Crippen LogP contribution in [0.5, 0.6) is 0 Å². The summed E-state index contributed by atoms with van der Waals surface area (Å²) in [6, 6.07) is 110. The molecule has 145 heavy (non-hydrogen) atoms. The number of benzene rings is 11. The van der Waals surface area contributed by atoms with Crippen LogP contribution in [0.4, 0.5) is 0 Å². The van der Waals surface area contributed by atoms with Crippen molar-refractivity contribution >= 4 is 38.5 Å². The fourth-order valence-electron chi connectivity index (χ4n) is 16.9. The quantitative estimate of drug-likeness (QED) is 0.148. The van der Waals surface area contributed by atoms with Gasteiger partial charge in [-0.15, -0.1) is 0 Å². The molecule has 3 aliphatic carbocycles. The Balaban J connectivity index is -0.000000513. The molecule has 0 saturated carbocycles. The number of allylic oxidation sites excluding steroid dienone is 1. The third kappa shape index (κ3) is 36.8. The molecule has 0 spiro atoms. The molecule has 17 aromatic rings. The third-order valence-corrected chi connectivity index (χ3v) is 22.9. The van der Waals surface area contributed by atoms with Gasteiger partial charge in [-0.1, -0.05) is 437 Å². The largest absolute Gasteiger partial charge is 0.220 e. The highest BCUT2D eigenvalue weighted by atomic mass is 15.0. The van der Waals surface area contributed by atoms with Gasteiger partial charge in [0.05, 0.1) is 10.9 Å². The summed E-state index contributed by atoms with van der Waals surface area (Å²) in [6.45, 7) is 65.1. The number of aryl methyl sites for hydroxylation is 12. The molecule has 0 N–H and O–H groups in total. The molecular formula is C139H202N6+6. The molecule has 0 saturated heterocycles. The van der Waals surface area contributed by atoms with Crippen molar-refractivity contribution in [2.24, 2.45) is 42.3 Å². The second-order valence-corrected chi connectivity index (χ2v) is 30.3. The first kappa shape index (κ1) is 140. The molecule has 6 aromatic heterocycles. The van der Waals surface area contributed by atoms with E-state index in [4.69, 9.17) is 0 Å². The van der Waals surface area contributed by atoms with E-state index in [2.05, 4.69) is 464 Å². The van der Waals surface area contributed by atoms with Crippen LogP contribution in [0.25, 0.3) is 128 Å². The molecule has 0 bridgehead atoms. The number of pyridine rings is 6. The summed E-state index contributed by atoms with van der Waals surface area (Å²) in [5.41, 5.74) is 39.2. The van der Waals surface area contributed by atoms with E-state index >= 15 is 0 Å². The first-order chi connectivity index (χ1) is 68.1. The van der Waals surface area contributed by atoms with Gasteiger partial charge in [0.15, 0.2) is 31.0 Å². The Morgan fingerprint density at radius 2 is 0.566 bits per heavy atom. The molecule has 0 unspecified atom stereocenters. The number of fused-ring (bicyclic) bond motifs is 10. The van der Waals surface area contributed by atoms with Gasteiger partial charge < -0.3 is 0 Å². The molecule has 3 aliphatic rings. The van der Waals surface area contributed by atoms with Gasteiger partial charge in [-0.3, -0.25) is 0 Å². The van der Waals surface area contributed by atoms with E-state index in [0.29, 0.717) is 0 Å². The molecule has 0 fully saturated rings. The number of hydrogen-bond donors (Lipinski definition) is 0. The van der Waals surface area contributed by atoms with E-state index in [1.165, 1.54) is 189 Å². The van der Waals surface area contributed by atoms with Crippen LogP contribution in [0, 0.1) is 41.5 Å². The minimum Gasteiger partial charge on any atom is -0.201 e. The van der Waals surface area contributed by atoms with E-state index in [9.17, 15) is 0 Å². The van der Waals surface area contributed by atoms with Gasteiger partial charge >= 0.3 is 0 Å². The zero-order valence-electron chi connectivity index (χ0n) is 93.3. The van der Waals surface area contributed by atoms with Gasteiger partial charge in [-0.05, 0) is 204 Å². The minimum absolute atomic E-state index is 0. The summed E-state index contributed by atoms with van der Waals surface area (Å²) >= 11 is 0. The van der Waals surface area contributed by atoms with Gasteiger partial charge in [-0.25, -0.2) is 22.8 Å². The molecule has 0 aliphatic heterocycles. The first-order valence-electron chi connectivity index (χ1n) is 52.5. The Morgan fingerprint density at radius 3 is 1.03 bits per heavy atom. The highest BCUT2D eigenvalue weighted by Crippen LogP contribution is 2.44. The van der Waals surface area contributed by atoms with Crippen LogP contribution in [0.3, 0.4) is 0 Å². The number of hydrogen-bond acceptors (Lipinski definition) is 0. The van der Waals surface area contributed by atoms with Crippen LogP contribution in [0.15, 0.2) is 346 Å². The Labute approximate surface area is 890 Å². The zero-order chi connectivity index (χ0) is 104. The van der Waals surface area contributed by atoms with Crippen LogP contribution in [-0.2, 0) is 61.5 Å². The van der Waals surface area contributed by atoms with Crippen molar-refractivity contribution in [3.63, 3.8) is 0 Å². The molecular weight excluding hydrogens is 1750 g/mol. The fourth-order valence-corrected chi connectivity index (χ4v) is 16.9. The summed E-state index contributed by atoms with van der Waals surface area (Å²) < 4.78 is 13.4. The van der Waals surface area contributed by atoms with Crippen molar-refractivity contribution < 1.29 is 27.4 Å². The summed E-state index contributed by atoms with van der Waals surface area (Å²) in [5, 5.41) is 6.43. The summed E-state index contributed by atoms with van der Waals surface area (Å²) in [6.07, 6.45) is 18.4. The van der Waals surface area contributed by atoms with E-state index in [0.717, 1.165) is 19.3 Å². The first-order valence-corrected chi connectivity index (χ1v) is 52.5. The normalized spacial score (nSPS) is 9.56. The lowest BCUT2D eigenvalue weighted by atomic mass is 9.94. The number of aromatic nitrogens is 6. The molecule has 6 heteroatoms. The summed E-state index contributed by atoms with van der Waals surface area (Å²) in [5.74, 6) is 0. The van der Waals surface area contributed by atoms with Crippen LogP contribution >= 0.6 is 0 Å². The molecule has 6 nitrogen and oxygen atoms in total. The second kappa shape index (κ2) is 78.3. The summed E-state index contributed by atoms with van der Waals surface area (Å²) in [7, 11) is 12.7. The van der Waals surface area contributed by atoms with Gasteiger partial charge in [0.25, 0.3) is 0 Å². The number of para-hydroxylation sites is 1. The molecule has 20 rings (SSSR count). The lowest BCUT2D eigenvalue weighted by Crippen LogP contribution is -2.32. The van der Waals surface area contributed by atoms with Crippen LogP contribution in [-0.4, -0.2) is 0 Å². The zero-order valence-corrected chi connectivity index (χ0v) is 93.3. The molecule has 0 radical (unpaired) electrons. The highest BCUT2D eigenvalue weighted by molar-refractivity contribution is 5.94. The number of rotatable bonds is 6.